The molecule has 0 amide bonds. The van der Waals surface area contributed by atoms with Gasteiger partial charge in [0.2, 0.25) is 0 Å². The van der Waals surface area contributed by atoms with Crippen LogP contribution < -0.4 is 0 Å². The molecule has 0 radical (unpaired) electrons. The van der Waals surface area contributed by atoms with Gasteiger partial charge in [0.1, 0.15) is 0 Å². The second kappa shape index (κ2) is 15.6. The molecule has 0 saturated heterocycles. The number of aromatic nitrogens is 5. The fourth-order valence-corrected chi connectivity index (χ4v) is 12.9. The summed E-state index contributed by atoms with van der Waals surface area (Å²) in [6, 6.07) is 55.7. The van der Waals surface area contributed by atoms with Crippen molar-refractivity contribution in [3.63, 3.8) is 0 Å². The van der Waals surface area contributed by atoms with Crippen molar-refractivity contribution in [2.45, 2.75) is 12.4 Å². The Labute approximate surface area is 412 Å². The van der Waals surface area contributed by atoms with Crippen LogP contribution in [-0.2, 0) is 12.4 Å². The average molecular weight is 988 g/mol. The van der Waals surface area contributed by atoms with Crippen LogP contribution in [0.1, 0.15) is 11.1 Å². The van der Waals surface area contributed by atoms with Crippen LogP contribution in [0.2, 0.25) is 0 Å². The van der Waals surface area contributed by atoms with E-state index in [9.17, 15) is 0 Å². The Morgan fingerprint density at radius 3 is 1.19 bits per heavy atom. The minimum absolute atomic E-state index is 0.00352. The Hall–Kier alpha value is -8.39. The maximum atomic E-state index is 15.1. The van der Waals surface area contributed by atoms with Gasteiger partial charge in [-0.15, -0.1) is 22.7 Å². The molecule has 5 nitrogen and oxygen atoms in total. The molecule has 0 atom stereocenters. The minimum Gasteiger partial charge on any atom is -0.307 e. The summed E-state index contributed by atoms with van der Waals surface area (Å²) in [6.45, 7) is 0. The van der Waals surface area contributed by atoms with Crippen molar-refractivity contribution in [3.05, 3.63) is 199 Å². The number of rotatable bonds is 5. The Balaban J connectivity index is 1.10. The summed E-state index contributed by atoms with van der Waals surface area (Å²) in [6.07, 6.45) is -9.57. The van der Waals surface area contributed by atoms with E-state index in [1.165, 1.54) is 12.1 Å². The standard InChI is InChI=1S/C59H31F6N5S2/c60-58(61,62)33-22-28-47(69-45-18-8-4-14-35(45)39-24-26-41-37-16-6-10-20-49(37)71-53(41)51(39)69)43(30-33)56-66-55(32-12-2-1-3-13-32)67-57(68-56)44-31-34(59(63,64)65)23-29-48(44)70-46-19-9-5-15-36(46)40-25-27-42-38-17-7-11-21-50(38)72-54(42)52(40)70/h1-31H. The molecule has 72 heavy (non-hydrogen) atoms. The Bertz CT molecular complexity index is 4300. The molecule has 0 fully saturated rings. The van der Waals surface area contributed by atoms with E-state index in [-0.39, 0.29) is 28.6 Å². The fraction of sp³-hybridized carbons (Fsp3) is 0.0339. The lowest BCUT2D eigenvalue weighted by Crippen LogP contribution is -2.10. The molecular weight excluding hydrogens is 957 g/mol. The van der Waals surface area contributed by atoms with E-state index in [1.807, 2.05) is 106 Å². The first-order valence-corrected chi connectivity index (χ1v) is 24.5. The lowest BCUT2D eigenvalue weighted by Gasteiger charge is -2.19. The Morgan fingerprint density at radius 1 is 0.347 bits per heavy atom. The number of hydrogen-bond acceptors (Lipinski definition) is 5. The Kier molecular flexibility index (Phi) is 9.18. The highest BCUT2D eigenvalue weighted by atomic mass is 32.1. The van der Waals surface area contributed by atoms with Crippen LogP contribution in [-0.4, -0.2) is 24.1 Å². The van der Waals surface area contributed by atoms with Gasteiger partial charge in [0.05, 0.1) is 54.0 Å². The van der Waals surface area contributed by atoms with Crippen LogP contribution in [0.4, 0.5) is 26.3 Å². The summed E-state index contributed by atoms with van der Waals surface area (Å²) < 4.78 is 98.6. The zero-order valence-electron chi connectivity index (χ0n) is 37.2. The molecule has 14 aromatic rings. The maximum absolute atomic E-state index is 15.1. The predicted octanol–water partition coefficient (Wildman–Crippen LogP) is 17.8. The van der Waals surface area contributed by atoms with Crippen molar-refractivity contribution < 1.29 is 26.3 Å². The van der Waals surface area contributed by atoms with Crippen LogP contribution in [0.3, 0.4) is 0 Å². The highest BCUT2D eigenvalue weighted by Crippen LogP contribution is 2.48. The third-order valence-corrected chi connectivity index (χ3v) is 16.0. The van der Waals surface area contributed by atoms with Gasteiger partial charge < -0.3 is 9.13 Å². The summed E-state index contributed by atoms with van der Waals surface area (Å²) in [5.74, 6) is -0.260. The zero-order valence-corrected chi connectivity index (χ0v) is 38.9. The first-order chi connectivity index (χ1) is 35.0. The molecule has 5 aromatic heterocycles. The summed E-state index contributed by atoms with van der Waals surface area (Å²) in [5, 5.41) is 7.62. The van der Waals surface area contributed by atoms with Crippen LogP contribution in [0, 0.1) is 0 Å². The summed E-state index contributed by atoms with van der Waals surface area (Å²) in [4.78, 5) is 14.9. The molecule has 0 aliphatic rings. The molecule has 0 spiro atoms. The number of alkyl halides is 6. The fourth-order valence-electron chi connectivity index (χ4n) is 10.5. The van der Waals surface area contributed by atoms with Crippen LogP contribution >= 0.6 is 22.7 Å². The average Bonchev–Trinajstić information content (AvgIpc) is 4.16. The third kappa shape index (κ3) is 6.43. The summed E-state index contributed by atoms with van der Waals surface area (Å²) in [5.41, 5.74) is 2.31. The molecule has 0 aliphatic carbocycles. The number of halogens is 6. The van der Waals surface area contributed by atoms with Crippen LogP contribution in [0.25, 0.3) is 129 Å². The maximum Gasteiger partial charge on any atom is 0.416 e. The smallest absolute Gasteiger partial charge is 0.307 e. The van der Waals surface area contributed by atoms with Gasteiger partial charge in [-0.1, -0.05) is 127 Å². The van der Waals surface area contributed by atoms with Gasteiger partial charge in [-0.2, -0.15) is 26.3 Å². The molecule has 346 valence electrons. The van der Waals surface area contributed by atoms with Crippen molar-refractivity contribution in [2.75, 3.05) is 0 Å². The van der Waals surface area contributed by atoms with E-state index in [0.717, 1.165) is 108 Å². The van der Waals surface area contributed by atoms with E-state index in [1.54, 1.807) is 53.0 Å². The monoisotopic (exact) mass is 987 g/mol. The number of benzene rings is 9. The van der Waals surface area contributed by atoms with Gasteiger partial charge in [0.25, 0.3) is 0 Å². The number of hydrogen-bond donors (Lipinski definition) is 0. The molecule has 14 rings (SSSR count). The predicted molar refractivity (Wildman–Crippen MR) is 281 cm³/mol. The molecule has 9 aromatic carbocycles. The van der Waals surface area contributed by atoms with Crippen molar-refractivity contribution >= 4 is 107 Å². The number of fused-ring (bicyclic) bond motifs is 14. The Morgan fingerprint density at radius 2 is 0.736 bits per heavy atom. The van der Waals surface area contributed by atoms with Crippen molar-refractivity contribution in [1.82, 2.24) is 24.1 Å². The molecule has 0 N–H and O–H groups in total. The van der Waals surface area contributed by atoms with E-state index in [4.69, 9.17) is 15.0 Å². The summed E-state index contributed by atoms with van der Waals surface area (Å²) in [7, 11) is 0. The molecular formula is C59H31F6N5S2. The topological polar surface area (TPSA) is 48.5 Å². The molecule has 0 unspecified atom stereocenters. The van der Waals surface area contributed by atoms with Gasteiger partial charge in [-0.05, 0) is 60.7 Å². The van der Waals surface area contributed by atoms with Crippen molar-refractivity contribution in [3.8, 4) is 45.5 Å². The number of thiophene rings is 2. The third-order valence-electron chi connectivity index (χ3n) is 13.6. The van der Waals surface area contributed by atoms with E-state index < -0.39 is 23.5 Å². The first kappa shape index (κ1) is 42.5. The molecule has 0 saturated carbocycles. The van der Waals surface area contributed by atoms with Gasteiger partial charge >= 0.3 is 12.4 Å². The number of nitrogens with zero attached hydrogens (tertiary/aromatic N) is 5. The molecule has 13 heteroatoms. The lowest BCUT2D eigenvalue weighted by molar-refractivity contribution is -0.138. The SMILES string of the molecule is FC(F)(F)c1ccc(-n2c3ccccc3c3ccc4c5ccccc5sc4c32)c(-c2nc(-c3ccccc3)nc(-c3cc(C(F)(F)F)ccc3-n3c4ccccc4c4ccc5c6ccccc6sc5c43)n2)c1. The number of para-hydroxylation sites is 2. The van der Waals surface area contributed by atoms with Crippen molar-refractivity contribution in [2.24, 2.45) is 0 Å². The first-order valence-electron chi connectivity index (χ1n) is 22.9. The highest BCUT2D eigenvalue weighted by molar-refractivity contribution is 7.27. The lowest BCUT2D eigenvalue weighted by atomic mass is 10.0. The van der Waals surface area contributed by atoms with Crippen LogP contribution in [0.15, 0.2) is 188 Å². The zero-order chi connectivity index (χ0) is 48.6. The van der Waals surface area contributed by atoms with E-state index >= 15 is 26.3 Å². The molecule has 0 bridgehead atoms. The normalized spacial score (nSPS) is 12.6. The van der Waals surface area contributed by atoms with Gasteiger partial charge in [-0.3, -0.25) is 0 Å². The summed E-state index contributed by atoms with van der Waals surface area (Å²) >= 11 is 3.19. The van der Waals surface area contributed by atoms with E-state index in [0.29, 0.717) is 16.9 Å². The quantitative estimate of drug-likeness (QED) is 0.161. The van der Waals surface area contributed by atoms with Gasteiger partial charge in [-0.25, -0.2) is 15.0 Å². The second-order valence-electron chi connectivity index (χ2n) is 17.7. The van der Waals surface area contributed by atoms with Gasteiger partial charge in [0.15, 0.2) is 17.5 Å². The highest BCUT2D eigenvalue weighted by Gasteiger charge is 2.35. The largest absolute Gasteiger partial charge is 0.416 e. The van der Waals surface area contributed by atoms with Gasteiger partial charge in [0, 0.05) is 69.2 Å². The second-order valence-corrected chi connectivity index (χ2v) is 19.8. The van der Waals surface area contributed by atoms with E-state index in [2.05, 4.69) is 24.3 Å². The van der Waals surface area contributed by atoms with Crippen LogP contribution in [0.5, 0.6) is 0 Å². The molecule has 5 heterocycles. The van der Waals surface area contributed by atoms with Crippen molar-refractivity contribution in [1.29, 1.82) is 0 Å². The minimum atomic E-state index is -4.78. The molecule has 0 aliphatic heterocycles.